The Morgan fingerprint density at radius 1 is 1.40 bits per heavy atom. The Labute approximate surface area is 90.7 Å². The van der Waals surface area contributed by atoms with Crippen molar-refractivity contribution in [2.45, 2.75) is 19.3 Å². The van der Waals surface area contributed by atoms with Crippen molar-refractivity contribution < 1.29 is 4.79 Å². The number of ketones is 1. The van der Waals surface area contributed by atoms with Crippen LogP contribution in [-0.2, 0) is 6.42 Å². The number of hydrogen-bond donors (Lipinski definition) is 1. The van der Waals surface area contributed by atoms with Gasteiger partial charge in [0.25, 0.3) is 0 Å². The van der Waals surface area contributed by atoms with Crippen molar-refractivity contribution in [2.75, 3.05) is 13.6 Å². The van der Waals surface area contributed by atoms with Crippen molar-refractivity contribution in [3.63, 3.8) is 0 Å². The molecule has 0 aromatic heterocycles. The van der Waals surface area contributed by atoms with Crippen LogP contribution in [0.15, 0.2) is 24.3 Å². The highest BCUT2D eigenvalue weighted by molar-refractivity contribution is 6.00. The van der Waals surface area contributed by atoms with E-state index in [-0.39, 0.29) is 0 Å². The normalized spacial score (nSPS) is 15.3. The number of carbonyl (C=O) groups is 1. The van der Waals surface area contributed by atoms with E-state index in [4.69, 9.17) is 0 Å². The zero-order valence-electron chi connectivity index (χ0n) is 9.12. The maximum atomic E-state index is 12.0. The van der Waals surface area contributed by atoms with E-state index in [1.165, 1.54) is 5.56 Å². The lowest BCUT2D eigenvalue weighted by Crippen LogP contribution is -2.13. The fraction of sp³-hybridized carbons (Fsp3) is 0.462. The summed E-state index contributed by atoms with van der Waals surface area (Å²) in [5.74, 6) is 0.669. The molecule has 0 saturated heterocycles. The molecule has 2 nitrogen and oxygen atoms in total. The van der Waals surface area contributed by atoms with E-state index >= 15 is 0 Å². The first-order valence-electron chi connectivity index (χ1n) is 5.59. The Kier molecular flexibility index (Phi) is 3.17. The smallest absolute Gasteiger partial charge is 0.166 e. The average molecular weight is 203 g/mol. The third-order valence-electron chi connectivity index (χ3n) is 2.88. The molecule has 80 valence electrons. The summed E-state index contributed by atoms with van der Waals surface area (Å²) in [6.45, 7) is 0.926. The van der Waals surface area contributed by atoms with Gasteiger partial charge in [-0.1, -0.05) is 24.3 Å². The highest BCUT2D eigenvalue weighted by Gasteiger charge is 2.31. The number of rotatable bonds is 5. The molecule has 0 bridgehead atoms. The predicted molar refractivity (Wildman–Crippen MR) is 61.1 cm³/mol. The molecule has 0 radical (unpaired) electrons. The molecule has 1 fully saturated rings. The minimum absolute atomic E-state index is 0.320. The SMILES string of the molecule is CNCCc1ccccc1C(=O)C1CC1. The first-order valence-corrected chi connectivity index (χ1v) is 5.59. The Morgan fingerprint density at radius 3 is 2.80 bits per heavy atom. The Hall–Kier alpha value is -1.15. The van der Waals surface area contributed by atoms with Gasteiger partial charge in [-0.15, -0.1) is 0 Å². The molecule has 0 atom stereocenters. The van der Waals surface area contributed by atoms with Crippen LogP contribution in [0.5, 0.6) is 0 Å². The van der Waals surface area contributed by atoms with Crippen LogP contribution in [0.3, 0.4) is 0 Å². The lowest BCUT2D eigenvalue weighted by atomic mass is 9.99. The predicted octanol–water partition coefficient (Wildman–Crippen LogP) is 2.04. The average Bonchev–Trinajstić information content (AvgIpc) is 3.09. The zero-order valence-corrected chi connectivity index (χ0v) is 9.12. The quantitative estimate of drug-likeness (QED) is 0.742. The maximum absolute atomic E-state index is 12.0. The van der Waals surface area contributed by atoms with E-state index in [2.05, 4.69) is 11.4 Å². The molecule has 0 amide bonds. The molecule has 15 heavy (non-hydrogen) atoms. The van der Waals surface area contributed by atoms with E-state index in [0.29, 0.717) is 11.7 Å². The molecule has 1 aromatic carbocycles. The number of benzene rings is 1. The Bertz CT molecular complexity index is 355. The van der Waals surface area contributed by atoms with Gasteiger partial charge in [0.1, 0.15) is 0 Å². The molecule has 0 unspecified atom stereocenters. The van der Waals surface area contributed by atoms with Crippen LogP contribution in [0.25, 0.3) is 0 Å². The molecule has 1 aromatic rings. The van der Waals surface area contributed by atoms with Crippen LogP contribution in [0, 0.1) is 5.92 Å². The van der Waals surface area contributed by atoms with Crippen molar-refractivity contribution in [2.24, 2.45) is 5.92 Å². The van der Waals surface area contributed by atoms with E-state index in [1.54, 1.807) is 0 Å². The Balaban J connectivity index is 2.16. The minimum atomic E-state index is 0.320. The standard InChI is InChI=1S/C13H17NO/c1-14-9-8-10-4-2-3-5-12(10)13(15)11-6-7-11/h2-5,11,14H,6-9H2,1H3. The molecule has 1 aliphatic rings. The highest BCUT2D eigenvalue weighted by Crippen LogP contribution is 2.33. The Morgan fingerprint density at radius 2 is 2.13 bits per heavy atom. The highest BCUT2D eigenvalue weighted by atomic mass is 16.1. The van der Waals surface area contributed by atoms with Crippen molar-refractivity contribution in [3.8, 4) is 0 Å². The van der Waals surface area contributed by atoms with Crippen LogP contribution in [0.1, 0.15) is 28.8 Å². The monoisotopic (exact) mass is 203 g/mol. The van der Waals surface area contributed by atoms with Gasteiger partial charge < -0.3 is 5.32 Å². The van der Waals surface area contributed by atoms with Gasteiger partial charge in [0.15, 0.2) is 5.78 Å². The van der Waals surface area contributed by atoms with Gasteiger partial charge in [-0.05, 0) is 38.4 Å². The number of nitrogens with one attached hydrogen (secondary N) is 1. The molecule has 1 N–H and O–H groups in total. The van der Waals surface area contributed by atoms with Crippen LogP contribution in [-0.4, -0.2) is 19.4 Å². The fourth-order valence-corrected chi connectivity index (χ4v) is 1.80. The van der Waals surface area contributed by atoms with Crippen LogP contribution in [0.2, 0.25) is 0 Å². The summed E-state index contributed by atoms with van der Waals surface area (Å²) in [6.07, 6.45) is 3.10. The molecular weight excluding hydrogens is 186 g/mol. The van der Waals surface area contributed by atoms with Gasteiger partial charge >= 0.3 is 0 Å². The van der Waals surface area contributed by atoms with Gasteiger partial charge in [-0.3, -0.25) is 4.79 Å². The fourth-order valence-electron chi connectivity index (χ4n) is 1.80. The summed E-state index contributed by atoms with van der Waals surface area (Å²) in [5, 5.41) is 3.12. The van der Waals surface area contributed by atoms with E-state index in [1.807, 2.05) is 25.2 Å². The summed E-state index contributed by atoms with van der Waals surface area (Å²) in [4.78, 5) is 12.0. The van der Waals surface area contributed by atoms with Gasteiger partial charge in [0.05, 0.1) is 0 Å². The molecular formula is C13H17NO. The second kappa shape index (κ2) is 4.58. The summed E-state index contributed by atoms with van der Waals surface area (Å²) in [5.41, 5.74) is 2.12. The van der Waals surface area contributed by atoms with Crippen molar-refractivity contribution in [1.82, 2.24) is 5.32 Å². The van der Waals surface area contributed by atoms with Crippen LogP contribution >= 0.6 is 0 Å². The molecule has 2 heteroatoms. The minimum Gasteiger partial charge on any atom is -0.319 e. The maximum Gasteiger partial charge on any atom is 0.166 e. The van der Waals surface area contributed by atoms with Gasteiger partial charge in [-0.2, -0.15) is 0 Å². The molecule has 1 aliphatic carbocycles. The molecule has 0 aliphatic heterocycles. The second-order valence-corrected chi connectivity index (χ2v) is 4.15. The molecule has 2 rings (SSSR count). The lowest BCUT2D eigenvalue weighted by molar-refractivity contribution is 0.0966. The first-order chi connectivity index (χ1) is 7.33. The van der Waals surface area contributed by atoms with Gasteiger partial charge in [0, 0.05) is 11.5 Å². The third-order valence-corrected chi connectivity index (χ3v) is 2.88. The van der Waals surface area contributed by atoms with Crippen molar-refractivity contribution in [1.29, 1.82) is 0 Å². The second-order valence-electron chi connectivity index (χ2n) is 4.15. The third kappa shape index (κ3) is 2.45. The van der Waals surface area contributed by atoms with Crippen LogP contribution < -0.4 is 5.32 Å². The molecule has 1 saturated carbocycles. The summed E-state index contributed by atoms with van der Waals surface area (Å²) >= 11 is 0. The van der Waals surface area contributed by atoms with E-state index in [0.717, 1.165) is 31.4 Å². The van der Waals surface area contributed by atoms with Gasteiger partial charge in [0.2, 0.25) is 0 Å². The summed E-state index contributed by atoms with van der Waals surface area (Å²) in [6, 6.07) is 7.99. The van der Waals surface area contributed by atoms with E-state index in [9.17, 15) is 4.79 Å². The lowest BCUT2D eigenvalue weighted by Gasteiger charge is -2.07. The van der Waals surface area contributed by atoms with Crippen LogP contribution in [0.4, 0.5) is 0 Å². The number of carbonyl (C=O) groups excluding carboxylic acids is 1. The number of likely N-dealkylation sites (N-methyl/N-ethyl adjacent to an activating group) is 1. The number of Topliss-reactive ketones (excluding diaryl/α,β-unsaturated/α-hetero) is 1. The largest absolute Gasteiger partial charge is 0.319 e. The molecule has 0 spiro atoms. The summed E-state index contributed by atoms with van der Waals surface area (Å²) in [7, 11) is 1.94. The number of hydrogen-bond acceptors (Lipinski definition) is 2. The molecule has 0 heterocycles. The summed E-state index contributed by atoms with van der Waals surface area (Å²) < 4.78 is 0. The topological polar surface area (TPSA) is 29.1 Å². The van der Waals surface area contributed by atoms with Gasteiger partial charge in [-0.25, -0.2) is 0 Å². The van der Waals surface area contributed by atoms with Crippen molar-refractivity contribution >= 4 is 5.78 Å². The van der Waals surface area contributed by atoms with E-state index < -0.39 is 0 Å². The zero-order chi connectivity index (χ0) is 10.7. The first kappa shape index (κ1) is 10.4. The van der Waals surface area contributed by atoms with Crippen molar-refractivity contribution in [3.05, 3.63) is 35.4 Å².